The predicted octanol–water partition coefficient (Wildman–Crippen LogP) is 4.39. The van der Waals surface area contributed by atoms with Gasteiger partial charge in [-0.15, -0.1) is 0 Å². The number of carbonyl (C=O) groups is 1. The van der Waals surface area contributed by atoms with Gasteiger partial charge in [0.1, 0.15) is 0 Å². The molecule has 2 saturated carbocycles. The number of hydrogen-bond donors (Lipinski definition) is 0. The van der Waals surface area contributed by atoms with Crippen LogP contribution in [0.3, 0.4) is 0 Å². The van der Waals surface area contributed by atoms with Crippen LogP contribution in [0.2, 0.25) is 0 Å². The smallest absolute Gasteiger partial charge is 0.164 e. The van der Waals surface area contributed by atoms with Crippen LogP contribution in [0, 0.1) is 17.8 Å². The van der Waals surface area contributed by atoms with Crippen molar-refractivity contribution in [3.05, 3.63) is 34.3 Å². The lowest BCUT2D eigenvalue weighted by Crippen LogP contribution is -2.30. The van der Waals surface area contributed by atoms with Crippen molar-refractivity contribution in [1.29, 1.82) is 0 Å². The Bertz CT molecular complexity index is 498. The molecule has 2 bridgehead atoms. The summed E-state index contributed by atoms with van der Waals surface area (Å²) >= 11 is 3.40. The molecular formula is C18H24BrNO. The van der Waals surface area contributed by atoms with Crippen LogP contribution in [0.4, 0.5) is 0 Å². The van der Waals surface area contributed by atoms with E-state index in [1.165, 1.54) is 32.2 Å². The highest BCUT2D eigenvalue weighted by molar-refractivity contribution is 9.10. The van der Waals surface area contributed by atoms with Gasteiger partial charge in [0, 0.05) is 29.5 Å². The number of Topliss-reactive ketones (excluding diaryl/α,β-unsaturated/α-hetero) is 1. The molecule has 2 aliphatic carbocycles. The molecule has 1 aromatic rings. The average molecular weight is 350 g/mol. The highest BCUT2D eigenvalue weighted by Gasteiger charge is 2.39. The summed E-state index contributed by atoms with van der Waals surface area (Å²) in [6.45, 7) is 2.05. The predicted molar refractivity (Wildman–Crippen MR) is 89.5 cm³/mol. The van der Waals surface area contributed by atoms with E-state index in [1.807, 2.05) is 24.3 Å². The molecule has 1 aromatic carbocycles. The SMILES string of the molecule is CN(CCC(=O)c1ccc(Br)cc1)CC1CC2CCC1C2. The molecular weight excluding hydrogens is 326 g/mol. The fourth-order valence-electron chi connectivity index (χ4n) is 4.16. The van der Waals surface area contributed by atoms with Crippen molar-refractivity contribution in [2.45, 2.75) is 32.1 Å². The van der Waals surface area contributed by atoms with Crippen LogP contribution in [0.1, 0.15) is 42.5 Å². The molecule has 0 aromatic heterocycles. The van der Waals surface area contributed by atoms with Crippen LogP contribution in [0.5, 0.6) is 0 Å². The van der Waals surface area contributed by atoms with Crippen molar-refractivity contribution in [1.82, 2.24) is 4.90 Å². The maximum absolute atomic E-state index is 12.2. The van der Waals surface area contributed by atoms with Gasteiger partial charge in [-0.1, -0.05) is 34.5 Å². The zero-order valence-corrected chi connectivity index (χ0v) is 14.3. The van der Waals surface area contributed by atoms with E-state index in [4.69, 9.17) is 0 Å². The van der Waals surface area contributed by atoms with Gasteiger partial charge in [-0.2, -0.15) is 0 Å². The number of halogens is 1. The highest BCUT2D eigenvalue weighted by atomic mass is 79.9. The van der Waals surface area contributed by atoms with E-state index in [2.05, 4.69) is 27.9 Å². The van der Waals surface area contributed by atoms with Crippen molar-refractivity contribution in [3.63, 3.8) is 0 Å². The Hall–Kier alpha value is -0.670. The molecule has 2 fully saturated rings. The summed E-state index contributed by atoms with van der Waals surface area (Å²) in [5.74, 6) is 3.12. The van der Waals surface area contributed by atoms with Gasteiger partial charge < -0.3 is 4.90 Å². The van der Waals surface area contributed by atoms with Crippen molar-refractivity contribution in [2.75, 3.05) is 20.1 Å². The molecule has 3 atom stereocenters. The minimum atomic E-state index is 0.252. The van der Waals surface area contributed by atoms with Crippen LogP contribution >= 0.6 is 15.9 Å². The summed E-state index contributed by atoms with van der Waals surface area (Å²) in [5.41, 5.74) is 0.825. The number of nitrogens with zero attached hydrogens (tertiary/aromatic N) is 1. The van der Waals surface area contributed by atoms with E-state index in [-0.39, 0.29) is 5.78 Å². The molecule has 21 heavy (non-hydrogen) atoms. The first kappa shape index (κ1) is 15.2. The molecule has 114 valence electrons. The molecule has 0 spiro atoms. The first-order valence-electron chi connectivity index (χ1n) is 8.09. The monoisotopic (exact) mass is 349 g/mol. The number of carbonyl (C=O) groups excluding carboxylic acids is 1. The van der Waals surface area contributed by atoms with Crippen LogP contribution in [-0.4, -0.2) is 30.8 Å². The van der Waals surface area contributed by atoms with Crippen LogP contribution in [0.15, 0.2) is 28.7 Å². The summed E-state index contributed by atoms with van der Waals surface area (Å²) in [6, 6.07) is 7.68. The summed E-state index contributed by atoms with van der Waals surface area (Å²) < 4.78 is 1.02. The van der Waals surface area contributed by atoms with Crippen molar-refractivity contribution in [2.24, 2.45) is 17.8 Å². The first-order chi connectivity index (χ1) is 10.1. The highest BCUT2D eigenvalue weighted by Crippen LogP contribution is 2.48. The number of benzene rings is 1. The molecule has 0 amide bonds. The molecule has 3 rings (SSSR count). The van der Waals surface area contributed by atoms with Gasteiger partial charge in [-0.3, -0.25) is 4.79 Å². The van der Waals surface area contributed by atoms with Gasteiger partial charge in [0.2, 0.25) is 0 Å². The Morgan fingerprint density at radius 1 is 1.24 bits per heavy atom. The zero-order chi connectivity index (χ0) is 14.8. The lowest BCUT2D eigenvalue weighted by atomic mass is 9.88. The topological polar surface area (TPSA) is 20.3 Å². The largest absolute Gasteiger partial charge is 0.306 e. The molecule has 3 heteroatoms. The minimum absolute atomic E-state index is 0.252. The Labute approximate surface area is 136 Å². The third-order valence-corrected chi connectivity index (χ3v) is 5.85. The van der Waals surface area contributed by atoms with Gasteiger partial charge in [-0.05, 0) is 56.2 Å². The molecule has 0 N–H and O–H groups in total. The maximum atomic E-state index is 12.2. The second kappa shape index (κ2) is 6.62. The number of ketones is 1. The Balaban J connectivity index is 1.44. The number of fused-ring (bicyclic) bond motifs is 2. The molecule has 3 unspecified atom stereocenters. The summed E-state index contributed by atoms with van der Waals surface area (Å²) in [4.78, 5) is 14.5. The van der Waals surface area contributed by atoms with Crippen LogP contribution < -0.4 is 0 Å². The second-order valence-corrected chi connectivity index (χ2v) is 7.79. The van der Waals surface area contributed by atoms with Crippen molar-refractivity contribution in [3.8, 4) is 0 Å². The van der Waals surface area contributed by atoms with Gasteiger partial charge >= 0.3 is 0 Å². The standard InChI is InChI=1S/C18H24BrNO/c1-20(12-16-11-13-2-3-15(16)10-13)9-8-18(21)14-4-6-17(19)7-5-14/h4-7,13,15-16H,2-3,8-12H2,1H3. The van der Waals surface area contributed by atoms with E-state index in [0.29, 0.717) is 6.42 Å². The van der Waals surface area contributed by atoms with E-state index < -0.39 is 0 Å². The quantitative estimate of drug-likeness (QED) is 0.709. The van der Waals surface area contributed by atoms with Crippen molar-refractivity contribution < 1.29 is 4.79 Å². The summed E-state index contributed by atoms with van der Waals surface area (Å²) in [6.07, 6.45) is 6.43. The zero-order valence-electron chi connectivity index (χ0n) is 12.7. The summed E-state index contributed by atoms with van der Waals surface area (Å²) in [7, 11) is 2.17. The van der Waals surface area contributed by atoms with E-state index in [0.717, 1.165) is 34.3 Å². The second-order valence-electron chi connectivity index (χ2n) is 6.88. The summed E-state index contributed by atoms with van der Waals surface area (Å²) in [5, 5.41) is 0. The van der Waals surface area contributed by atoms with Gasteiger partial charge in [-0.25, -0.2) is 0 Å². The molecule has 0 saturated heterocycles. The number of rotatable bonds is 6. The van der Waals surface area contributed by atoms with E-state index >= 15 is 0 Å². The molecule has 2 nitrogen and oxygen atoms in total. The molecule has 0 aliphatic heterocycles. The number of hydrogen-bond acceptors (Lipinski definition) is 2. The molecule has 2 aliphatic rings. The Morgan fingerprint density at radius 2 is 2.00 bits per heavy atom. The average Bonchev–Trinajstić information content (AvgIpc) is 3.08. The third kappa shape index (κ3) is 3.75. The molecule has 0 heterocycles. The lowest BCUT2D eigenvalue weighted by Gasteiger charge is -2.27. The van der Waals surface area contributed by atoms with E-state index in [1.54, 1.807) is 0 Å². The van der Waals surface area contributed by atoms with Crippen LogP contribution in [0.25, 0.3) is 0 Å². The fraction of sp³-hybridized carbons (Fsp3) is 0.611. The minimum Gasteiger partial charge on any atom is -0.306 e. The van der Waals surface area contributed by atoms with Crippen molar-refractivity contribution >= 4 is 21.7 Å². The normalized spacial score (nSPS) is 27.5. The molecule has 0 radical (unpaired) electrons. The van der Waals surface area contributed by atoms with E-state index in [9.17, 15) is 4.79 Å². The van der Waals surface area contributed by atoms with Gasteiger partial charge in [0.25, 0.3) is 0 Å². The van der Waals surface area contributed by atoms with Gasteiger partial charge in [0.05, 0.1) is 0 Å². The van der Waals surface area contributed by atoms with Gasteiger partial charge in [0.15, 0.2) is 5.78 Å². The first-order valence-corrected chi connectivity index (χ1v) is 8.88. The third-order valence-electron chi connectivity index (χ3n) is 5.32. The Kier molecular flexibility index (Phi) is 4.80. The lowest BCUT2D eigenvalue weighted by molar-refractivity contribution is 0.0963. The fourth-order valence-corrected chi connectivity index (χ4v) is 4.43. The maximum Gasteiger partial charge on any atom is 0.164 e. The Morgan fingerprint density at radius 3 is 2.62 bits per heavy atom. The van der Waals surface area contributed by atoms with Crippen LogP contribution in [-0.2, 0) is 0 Å².